The highest BCUT2D eigenvalue weighted by atomic mass is 32.2. The Balaban J connectivity index is 1.64. The number of methoxy groups -OCH3 is 1. The zero-order chi connectivity index (χ0) is 18.5. The highest BCUT2D eigenvalue weighted by molar-refractivity contribution is 8.00. The van der Waals surface area contributed by atoms with E-state index in [1.165, 1.54) is 16.4 Å². The topological polar surface area (TPSA) is 95.1 Å². The molecule has 0 saturated heterocycles. The fourth-order valence-corrected chi connectivity index (χ4v) is 3.68. The summed E-state index contributed by atoms with van der Waals surface area (Å²) in [7, 11) is 1.61. The van der Waals surface area contributed by atoms with Crippen LogP contribution in [0.25, 0.3) is 11.4 Å². The lowest BCUT2D eigenvalue weighted by molar-refractivity contribution is -0.120. The van der Waals surface area contributed by atoms with Crippen LogP contribution in [0.4, 0.5) is 0 Å². The van der Waals surface area contributed by atoms with Gasteiger partial charge in [0.1, 0.15) is 5.75 Å². The third-order valence-corrected chi connectivity index (χ3v) is 5.61. The molecule has 0 aliphatic carbocycles. The molecule has 3 rings (SSSR count). The maximum absolute atomic E-state index is 12.3. The number of carbonyl (C=O) groups is 1. The van der Waals surface area contributed by atoms with Crippen molar-refractivity contribution in [1.82, 2.24) is 20.2 Å². The van der Waals surface area contributed by atoms with Crippen LogP contribution in [0.3, 0.4) is 0 Å². The molecule has 9 heteroatoms. The van der Waals surface area contributed by atoms with Gasteiger partial charge in [-0.25, -0.2) is 4.68 Å². The van der Waals surface area contributed by atoms with Crippen molar-refractivity contribution in [2.24, 2.45) is 0 Å². The Kier molecular flexibility index (Phi) is 5.79. The molecule has 0 aliphatic heterocycles. The van der Waals surface area contributed by atoms with Crippen molar-refractivity contribution in [2.45, 2.75) is 23.9 Å². The number of hydrogen-bond donors (Lipinski definition) is 2. The number of nitrogens with one attached hydrogen (secondary N) is 1. The molecule has 2 aromatic heterocycles. The molecule has 1 atom stereocenters. The van der Waals surface area contributed by atoms with Gasteiger partial charge in [0.15, 0.2) is 5.82 Å². The largest absolute Gasteiger partial charge is 0.497 e. The van der Waals surface area contributed by atoms with E-state index in [0.717, 1.165) is 16.2 Å². The third-order valence-electron chi connectivity index (χ3n) is 3.68. The summed E-state index contributed by atoms with van der Waals surface area (Å²) in [6.45, 7) is 2.34. The maximum atomic E-state index is 12.3. The second-order valence-electron chi connectivity index (χ2n) is 5.46. The van der Waals surface area contributed by atoms with Crippen molar-refractivity contribution >= 4 is 29.0 Å². The molecule has 1 aromatic carbocycles. The Bertz CT molecular complexity index is 862. The SMILES string of the molecule is COc1ccc(-c2nnc(SC(C)C(=O)NCc3cccs3)n2N)cc1. The number of nitrogen functional groups attached to an aromatic ring is 1. The van der Waals surface area contributed by atoms with Gasteiger partial charge in [-0.05, 0) is 42.6 Å². The van der Waals surface area contributed by atoms with E-state index in [1.54, 1.807) is 18.4 Å². The summed E-state index contributed by atoms with van der Waals surface area (Å²) < 4.78 is 6.55. The molecule has 3 N–H and O–H groups in total. The first-order chi connectivity index (χ1) is 12.6. The molecule has 136 valence electrons. The minimum atomic E-state index is -0.342. The molecule has 2 heterocycles. The number of thioether (sulfide) groups is 1. The lowest BCUT2D eigenvalue weighted by atomic mass is 10.2. The van der Waals surface area contributed by atoms with Crippen LogP contribution in [0.15, 0.2) is 46.9 Å². The van der Waals surface area contributed by atoms with E-state index in [4.69, 9.17) is 10.6 Å². The Labute approximate surface area is 159 Å². The Morgan fingerprint density at radius 1 is 1.35 bits per heavy atom. The average Bonchev–Trinajstić information content (AvgIpc) is 3.30. The van der Waals surface area contributed by atoms with E-state index in [-0.39, 0.29) is 11.2 Å². The van der Waals surface area contributed by atoms with Crippen molar-refractivity contribution < 1.29 is 9.53 Å². The predicted molar refractivity (Wildman–Crippen MR) is 104 cm³/mol. The average molecular weight is 390 g/mol. The molecule has 7 nitrogen and oxygen atoms in total. The van der Waals surface area contributed by atoms with Crippen molar-refractivity contribution in [1.29, 1.82) is 0 Å². The normalized spacial score (nSPS) is 11.9. The van der Waals surface area contributed by atoms with Crippen LogP contribution in [-0.2, 0) is 11.3 Å². The van der Waals surface area contributed by atoms with Crippen LogP contribution in [-0.4, -0.2) is 33.1 Å². The summed E-state index contributed by atoms with van der Waals surface area (Å²) in [5.41, 5.74) is 0.822. The number of amides is 1. The van der Waals surface area contributed by atoms with Crippen LogP contribution in [0, 0.1) is 0 Å². The van der Waals surface area contributed by atoms with E-state index in [2.05, 4.69) is 15.5 Å². The predicted octanol–water partition coefficient (Wildman–Crippen LogP) is 2.53. The Hall–Kier alpha value is -2.52. The van der Waals surface area contributed by atoms with Crippen LogP contribution in [0.2, 0.25) is 0 Å². The Morgan fingerprint density at radius 2 is 2.12 bits per heavy atom. The third kappa shape index (κ3) is 4.17. The molecule has 0 saturated carbocycles. The molecule has 0 aliphatic rings. The van der Waals surface area contributed by atoms with Gasteiger partial charge in [-0.2, -0.15) is 0 Å². The number of carbonyl (C=O) groups excluding carboxylic acids is 1. The van der Waals surface area contributed by atoms with E-state index in [1.807, 2.05) is 48.7 Å². The van der Waals surface area contributed by atoms with Gasteiger partial charge >= 0.3 is 0 Å². The summed E-state index contributed by atoms with van der Waals surface area (Å²) in [6.07, 6.45) is 0. The summed E-state index contributed by atoms with van der Waals surface area (Å²) >= 11 is 2.88. The molecule has 0 fully saturated rings. The van der Waals surface area contributed by atoms with Gasteiger partial charge in [-0.3, -0.25) is 4.79 Å². The number of rotatable bonds is 7. The minimum Gasteiger partial charge on any atom is -0.497 e. The first-order valence-electron chi connectivity index (χ1n) is 7.90. The van der Waals surface area contributed by atoms with Gasteiger partial charge in [-0.1, -0.05) is 17.8 Å². The number of benzene rings is 1. The number of nitrogens with two attached hydrogens (primary N) is 1. The van der Waals surface area contributed by atoms with Crippen molar-refractivity contribution in [2.75, 3.05) is 13.0 Å². The lowest BCUT2D eigenvalue weighted by Crippen LogP contribution is -2.30. The smallest absolute Gasteiger partial charge is 0.233 e. The zero-order valence-corrected chi connectivity index (χ0v) is 16.0. The molecule has 26 heavy (non-hydrogen) atoms. The summed E-state index contributed by atoms with van der Waals surface area (Å²) in [5.74, 6) is 7.32. The van der Waals surface area contributed by atoms with Gasteiger partial charge in [0.2, 0.25) is 11.1 Å². The molecule has 0 spiro atoms. The second kappa shape index (κ2) is 8.24. The van der Waals surface area contributed by atoms with Gasteiger partial charge in [0, 0.05) is 10.4 Å². The molecule has 0 radical (unpaired) electrons. The van der Waals surface area contributed by atoms with Gasteiger partial charge in [-0.15, -0.1) is 21.5 Å². The molecule has 1 unspecified atom stereocenters. The first-order valence-corrected chi connectivity index (χ1v) is 9.66. The van der Waals surface area contributed by atoms with Gasteiger partial charge in [0.05, 0.1) is 18.9 Å². The fraction of sp³-hybridized carbons (Fsp3) is 0.235. The van der Waals surface area contributed by atoms with Crippen molar-refractivity contribution in [3.8, 4) is 17.1 Å². The van der Waals surface area contributed by atoms with Crippen LogP contribution in [0.5, 0.6) is 5.75 Å². The maximum Gasteiger partial charge on any atom is 0.233 e. The highest BCUT2D eigenvalue weighted by Gasteiger charge is 2.20. The van der Waals surface area contributed by atoms with E-state index in [9.17, 15) is 4.79 Å². The van der Waals surface area contributed by atoms with Gasteiger partial charge < -0.3 is 15.9 Å². The van der Waals surface area contributed by atoms with Crippen molar-refractivity contribution in [3.05, 3.63) is 46.7 Å². The molecule has 3 aromatic rings. The first kappa shape index (κ1) is 18.3. The number of ether oxygens (including phenoxy) is 1. The number of nitrogens with zero attached hydrogens (tertiary/aromatic N) is 3. The van der Waals surface area contributed by atoms with Crippen LogP contribution in [0.1, 0.15) is 11.8 Å². The van der Waals surface area contributed by atoms with Crippen LogP contribution < -0.4 is 15.9 Å². The Morgan fingerprint density at radius 3 is 2.77 bits per heavy atom. The van der Waals surface area contributed by atoms with E-state index < -0.39 is 0 Å². The van der Waals surface area contributed by atoms with E-state index >= 15 is 0 Å². The quantitative estimate of drug-likeness (QED) is 0.476. The summed E-state index contributed by atoms with van der Waals surface area (Å²) in [6, 6.07) is 11.3. The van der Waals surface area contributed by atoms with Gasteiger partial charge in [0.25, 0.3) is 0 Å². The molecular formula is C17H19N5O2S2. The lowest BCUT2D eigenvalue weighted by Gasteiger charge is -2.11. The number of thiophene rings is 1. The standard InChI is InChI=1S/C17H19N5O2S2/c1-11(16(23)19-10-14-4-3-9-25-14)26-17-21-20-15(22(17)18)12-5-7-13(24-2)8-6-12/h3-9,11H,10,18H2,1-2H3,(H,19,23). The number of aromatic nitrogens is 3. The van der Waals surface area contributed by atoms with Crippen molar-refractivity contribution in [3.63, 3.8) is 0 Å². The summed E-state index contributed by atoms with van der Waals surface area (Å²) in [4.78, 5) is 13.4. The minimum absolute atomic E-state index is 0.0719. The molecular weight excluding hydrogens is 370 g/mol. The molecule has 1 amide bonds. The highest BCUT2D eigenvalue weighted by Crippen LogP contribution is 2.26. The second-order valence-corrected chi connectivity index (χ2v) is 7.80. The number of hydrogen-bond acceptors (Lipinski definition) is 7. The summed E-state index contributed by atoms with van der Waals surface area (Å²) in [5, 5.41) is 13.3. The fourth-order valence-electron chi connectivity index (χ4n) is 2.24. The zero-order valence-electron chi connectivity index (χ0n) is 14.4. The molecule has 0 bridgehead atoms. The van der Waals surface area contributed by atoms with Crippen LogP contribution >= 0.6 is 23.1 Å². The monoisotopic (exact) mass is 389 g/mol. The van der Waals surface area contributed by atoms with E-state index in [0.29, 0.717) is 17.5 Å².